The standard InChI is InChI=1S/C16H24O6/c1-16(2,19)15(18)13-3-5-14(6-4-13)22-12-11-21-10-9-20-8-7-17/h3-6,17,19H,7-12H2,1-2H3. The fourth-order valence-corrected chi connectivity index (χ4v) is 1.66. The van der Waals surface area contributed by atoms with Gasteiger partial charge in [0.15, 0.2) is 5.78 Å². The molecule has 0 aromatic heterocycles. The topological polar surface area (TPSA) is 85.2 Å². The number of Topliss-reactive ketones (excluding diaryl/α,β-unsaturated/α-hetero) is 1. The minimum absolute atomic E-state index is 0.00900. The lowest BCUT2D eigenvalue weighted by atomic mass is 9.97. The molecule has 0 unspecified atom stereocenters. The van der Waals surface area contributed by atoms with Crippen LogP contribution in [0.25, 0.3) is 0 Å². The number of benzene rings is 1. The Morgan fingerprint density at radius 3 is 2.09 bits per heavy atom. The Morgan fingerprint density at radius 1 is 1.00 bits per heavy atom. The van der Waals surface area contributed by atoms with Crippen molar-refractivity contribution in [3.05, 3.63) is 29.8 Å². The highest BCUT2D eigenvalue weighted by molar-refractivity contribution is 6.01. The smallest absolute Gasteiger partial charge is 0.193 e. The van der Waals surface area contributed by atoms with Crippen molar-refractivity contribution in [3.63, 3.8) is 0 Å². The number of aliphatic hydroxyl groups is 2. The second-order valence-electron chi connectivity index (χ2n) is 5.21. The molecular formula is C16H24O6. The minimum atomic E-state index is -1.38. The van der Waals surface area contributed by atoms with Gasteiger partial charge in [0, 0.05) is 5.56 Å². The van der Waals surface area contributed by atoms with E-state index in [0.29, 0.717) is 44.3 Å². The highest BCUT2D eigenvalue weighted by Crippen LogP contribution is 2.17. The molecule has 6 nitrogen and oxygen atoms in total. The first kappa shape index (κ1) is 18.6. The number of ether oxygens (including phenoxy) is 3. The van der Waals surface area contributed by atoms with Gasteiger partial charge >= 0.3 is 0 Å². The third kappa shape index (κ3) is 7.00. The van der Waals surface area contributed by atoms with Crippen molar-refractivity contribution in [2.24, 2.45) is 0 Å². The van der Waals surface area contributed by atoms with Crippen LogP contribution in [0.15, 0.2) is 24.3 Å². The lowest BCUT2D eigenvalue weighted by Crippen LogP contribution is -2.30. The lowest BCUT2D eigenvalue weighted by Gasteiger charge is -2.15. The molecule has 0 heterocycles. The van der Waals surface area contributed by atoms with Crippen LogP contribution in [0.2, 0.25) is 0 Å². The van der Waals surface area contributed by atoms with E-state index in [1.807, 2.05) is 0 Å². The third-order valence-electron chi connectivity index (χ3n) is 2.78. The van der Waals surface area contributed by atoms with E-state index in [0.717, 1.165) is 0 Å². The number of aliphatic hydroxyl groups excluding tert-OH is 1. The molecule has 0 saturated carbocycles. The molecule has 1 aromatic rings. The quantitative estimate of drug-likeness (QED) is 0.469. The summed E-state index contributed by atoms with van der Waals surface area (Å²) in [5, 5.41) is 18.2. The Labute approximate surface area is 130 Å². The molecule has 0 spiro atoms. The Bertz CT molecular complexity index is 435. The molecule has 0 fully saturated rings. The van der Waals surface area contributed by atoms with Crippen molar-refractivity contribution in [1.82, 2.24) is 0 Å². The van der Waals surface area contributed by atoms with Crippen LogP contribution in [0.3, 0.4) is 0 Å². The Balaban J connectivity index is 2.24. The summed E-state index contributed by atoms with van der Waals surface area (Å²) in [5.41, 5.74) is -0.939. The highest BCUT2D eigenvalue weighted by Gasteiger charge is 2.24. The van der Waals surface area contributed by atoms with E-state index in [9.17, 15) is 9.90 Å². The van der Waals surface area contributed by atoms with Crippen molar-refractivity contribution in [2.45, 2.75) is 19.4 Å². The summed E-state index contributed by atoms with van der Waals surface area (Å²) in [4.78, 5) is 11.8. The summed E-state index contributed by atoms with van der Waals surface area (Å²) in [7, 11) is 0. The molecule has 0 radical (unpaired) electrons. The summed E-state index contributed by atoms with van der Waals surface area (Å²) in [6.07, 6.45) is 0. The van der Waals surface area contributed by atoms with Gasteiger partial charge < -0.3 is 24.4 Å². The lowest BCUT2D eigenvalue weighted by molar-refractivity contribution is 0.0247. The molecule has 124 valence electrons. The first-order chi connectivity index (χ1) is 10.4. The number of hydrogen-bond donors (Lipinski definition) is 2. The zero-order chi connectivity index (χ0) is 16.4. The third-order valence-corrected chi connectivity index (χ3v) is 2.78. The first-order valence-electron chi connectivity index (χ1n) is 7.21. The molecule has 0 amide bonds. The van der Waals surface area contributed by atoms with Gasteiger partial charge in [0.2, 0.25) is 0 Å². The first-order valence-corrected chi connectivity index (χ1v) is 7.21. The van der Waals surface area contributed by atoms with E-state index in [1.165, 1.54) is 13.8 Å². The number of hydrogen-bond acceptors (Lipinski definition) is 6. The Morgan fingerprint density at radius 2 is 1.55 bits per heavy atom. The molecule has 1 aromatic carbocycles. The Kier molecular flexibility index (Phi) is 8.05. The molecule has 2 N–H and O–H groups in total. The minimum Gasteiger partial charge on any atom is -0.491 e. The van der Waals surface area contributed by atoms with Crippen LogP contribution < -0.4 is 4.74 Å². The van der Waals surface area contributed by atoms with Crippen LogP contribution in [0.1, 0.15) is 24.2 Å². The predicted molar refractivity (Wildman–Crippen MR) is 81.3 cm³/mol. The number of carbonyl (C=O) groups excluding carboxylic acids is 1. The molecule has 22 heavy (non-hydrogen) atoms. The molecule has 0 bridgehead atoms. The van der Waals surface area contributed by atoms with Crippen LogP contribution in [-0.4, -0.2) is 61.2 Å². The highest BCUT2D eigenvalue weighted by atomic mass is 16.5. The number of rotatable bonds is 11. The van der Waals surface area contributed by atoms with E-state index in [2.05, 4.69) is 0 Å². The van der Waals surface area contributed by atoms with E-state index in [1.54, 1.807) is 24.3 Å². The van der Waals surface area contributed by atoms with Crippen LogP contribution in [0, 0.1) is 0 Å². The maximum absolute atomic E-state index is 11.8. The van der Waals surface area contributed by atoms with E-state index in [-0.39, 0.29) is 12.4 Å². The molecular weight excluding hydrogens is 288 g/mol. The fraction of sp³-hybridized carbons (Fsp3) is 0.562. The zero-order valence-corrected chi connectivity index (χ0v) is 13.1. The van der Waals surface area contributed by atoms with E-state index >= 15 is 0 Å². The maximum Gasteiger partial charge on any atom is 0.193 e. The molecule has 1 rings (SSSR count). The van der Waals surface area contributed by atoms with Crippen molar-refractivity contribution < 1.29 is 29.2 Å². The molecule has 0 aliphatic rings. The van der Waals surface area contributed by atoms with Crippen LogP contribution >= 0.6 is 0 Å². The molecule has 0 atom stereocenters. The van der Waals surface area contributed by atoms with Gasteiger partial charge in [-0.15, -0.1) is 0 Å². The second kappa shape index (κ2) is 9.53. The summed E-state index contributed by atoms with van der Waals surface area (Å²) in [6.45, 7) is 4.94. The number of ketones is 1. The molecule has 0 saturated heterocycles. The van der Waals surface area contributed by atoms with Gasteiger partial charge in [-0.2, -0.15) is 0 Å². The van der Waals surface area contributed by atoms with Gasteiger partial charge in [-0.3, -0.25) is 4.79 Å². The van der Waals surface area contributed by atoms with Crippen molar-refractivity contribution in [1.29, 1.82) is 0 Å². The largest absolute Gasteiger partial charge is 0.491 e. The summed E-state index contributed by atoms with van der Waals surface area (Å²) in [6, 6.07) is 6.62. The van der Waals surface area contributed by atoms with E-state index < -0.39 is 5.60 Å². The molecule has 0 aliphatic heterocycles. The van der Waals surface area contributed by atoms with Crippen molar-refractivity contribution in [3.8, 4) is 5.75 Å². The van der Waals surface area contributed by atoms with Gasteiger partial charge in [-0.05, 0) is 38.1 Å². The van der Waals surface area contributed by atoms with Gasteiger partial charge in [-0.1, -0.05) is 0 Å². The van der Waals surface area contributed by atoms with Crippen LogP contribution in [-0.2, 0) is 9.47 Å². The summed E-state index contributed by atoms with van der Waals surface area (Å²) in [5.74, 6) is 0.303. The number of carbonyl (C=O) groups is 1. The average molecular weight is 312 g/mol. The average Bonchev–Trinajstić information content (AvgIpc) is 2.49. The summed E-state index contributed by atoms with van der Waals surface area (Å²) >= 11 is 0. The second-order valence-corrected chi connectivity index (χ2v) is 5.21. The Hall–Kier alpha value is -1.47. The zero-order valence-electron chi connectivity index (χ0n) is 13.1. The van der Waals surface area contributed by atoms with Gasteiger partial charge in [-0.25, -0.2) is 0 Å². The van der Waals surface area contributed by atoms with E-state index in [4.69, 9.17) is 19.3 Å². The van der Waals surface area contributed by atoms with Crippen molar-refractivity contribution >= 4 is 5.78 Å². The maximum atomic E-state index is 11.8. The van der Waals surface area contributed by atoms with Gasteiger partial charge in [0.25, 0.3) is 0 Å². The summed E-state index contributed by atoms with van der Waals surface area (Å²) < 4.78 is 15.8. The fourth-order valence-electron chi connectivity index (χ4n) is 1.66. The molecule has 6 heteroatoms. The normalized spacial score (nSPS) is 11.5. The van der Waals surface area contributed by atoms with Crippen LogP contribution in [0.4, 0.5) is 0 Å². The monoisotopic (exact) mass is 312 g/mol. The van der Waals surface area contributed by atoms with Gasteiger partial charge in [0.05, 0.1) is 33.0 Å². The molecule has 0 aliphatic carbocycles. The predicted octanol–water partition coefficient (Wildman–Crippen LogP) is 1.04. The van der Waals surface area contributed by atoms with Crippen molar-refractivity contribution in [2.75, 3.05) is 39.6 Å². The van der Waals surface area contributed by atoms with Crippen LogP contribution in [0.5, 0.6) is 5.75 Å². The SMILES string of the molecule is CC(C)(O)C(=O)c1ccc(OCCOCCOCCO)cc1. The van der Waals surface area contributed by atoms with Gasteiger partial charge in [0.1, 0.15) is 18.0 Å².